The van der Waals surface area contributed by atoms with Crippen molar-refractivity contribution in [3.63, 3.8) is 0 Å². The molecule has 22 heteroatoms. The van der Waals surface area contributed by atoms with Gasteiger partial charge < -0.3 is 58.3 Å². The second-order valence-electron chi connectivity index (χ2n) is 18.8. The number of likely N-dealkylation sites (tertiary alicyclic amines) is 1. The summed E-state index contributed by atoms with van der Waals surface area (Å²) < 4.78 is 0. The van der Waals surface area contributed by atoms with Crippen molar-refractivity contribution in [2.75, 3.05) is 32.8 Å². The maximum absolute atomic E-state index is 14.5. The van der Waals surface area contributed by atoms with Crippen LogP contribution in [-0.2, 0) is 33.6 Å². The monoisotopic (exact) mass is 1010 g/mol. The molecule has 0 saturated carbocycles. The minimum atomic E-state index is -1.48. The fourth-order valence-electron chi connectivity index (χ4n) is 7.85. The molecular weight excluding hydrogens is 929 g/mol. The number of hydrogen-bond donors (Lipinski definition) is 10. The van der Waals surface area contributed by atoms with Gasteiger partial charge in [0.15, 0.2) is 0 Å². The van der Waals surface area contributed by atoms with Gasteiger partial charge in [0.25, 0.3) is 11.8 Å². The summed E-state index contributed by atoms with van der Waals surface area (Å²) in [5, 5.41) is 32.4. The summed E-state index contributed by atoms with van der Waals surface area (Å²) in [4.78, 5) is 129. The molecule has 2 aromatic rings. The van der Waals surface area contributed by atoms with E-state index in [1.165, 1.54) is 30.4 Å². The molecule has 397 valence electrons. The maximum atomic E-state index is 14.5. The van der Waals surface area contributed by atoms with Crippen molar-refractivity contribution in [2.24, 2.45) is 11.7 Å². The number of carbonyl (C=O) groups excluding carboxylic acids is 9. The number of aromatic nitrogens is 2. The highest BCUT2D eigenvalue weighted by Crippen LogP contribution is 2.19. The van der Waals surface area contributed by atoms with Crippen LogP contribution in [0.15, 0.2) is 49.1 Å². The largest absolute Gasteiger partial charge is 0.394 e. The molecule has 1 fully saturated rings. The highest BCUT2D eigenvalue weighted by atomic mass is 16.3. The third-order valence-corrected chi connectivity index (χ3v) is 11.9. The van der Waals surface area contributed by atoms with Crippen LogP contribution in [0.5, 0.6) is 0 Å². The quantitative estimate of drug-likeness (QED) is 0.0423. The number of carbonyl (C=O) groups is 8. The number of nitrogens with two attached hydrogens (primary N) is 1. The Hall–Kier alpha value is -6.39. The fraction of sp³-hybridized carbons (Fsp3) is 0.620. The molecule has 1 radical (unpaired) electrons. The van der Waals surface area contributed by atoms with Gasteiger partial charge in [0, 0.05) is 50.5 Å². The van der Waals surface area contributed by atoms with Gasteiger partial charge in [-0.05, 0) is 121 Å². The van der Waals surface area contributed by atoms with E-state index >= 15 is 0 Å². The number of unbranched alkanes of at least 4 members (excludes halogenated alkanes) is 3. The van der Waals surface area contributed by atoms with Crippen molar-refractivity contribution in [3.8, 4) is 0 Å². The van der Waals surface area contributed by atoms with Crippen molar-refractivity contribution in [1.29, 1.82) is 0 Å². The Bertz CT molecular complexity index is 2040. The van der Waals surface area contributed by atoms with E-state index in [9.17, 15) is 48.3 Å². The van der Waals surface area contributed by atoms with Gasteiger partial charge in [-0.3, -0.25) is 53.1 Å². The van der Waals surface area contributed by atoms with Crippen LogP contribution >= 0.6 is 0 Å². The molecule has 0 bridgehead atoms. The number of aliphatic hydroxyl groups excluding tert-OH is 1. The summed E-state index contributed by atoms with van der Waals surface area (Å²) in [7, 11) is 0. The molecule has 0 aliphatic carbocycles. The van der Waals surface area contributed by atoms with Gasteiger partial charge in [0.1, 0.15) is 30.2 Å². The van der Waals surface area contributed by atoms with Gasteiger partial charge in [-0.25, -0.2) is 0 Å². The Kier molecular flexibility index (Phi) is 27.1. The Morgan fingerprint density at radius 2 is 1.11 bits per heavy atom. The average Bonchev–Trinajstić information content (AvgIpc) is 3.85. The molecule has 0 spiro atoms. The Balaban J connectivity index is 1.88. The highest BCUT2D eigenvalue weighted by molar-refractivity contribution is 5.97. The van der Waals surface area contributed by atoms with Gasteiger partial charge in [-0.1, -0.05) is 27.7 Å². The summed E-state index contributed by atoms with van der Waals surface area (Å²) in [5.41, 5.74) is 6.38. The minimum Gasteiger partial charge on any atom is -0.394 e. The maximum Gasteiger partial charge on any atom is 0.252 e. The van der Waals surface area contributed by atoms with Gasteiger partial charge in [-0.2, -0.15) is 0 Å². The zero-order valence-electron chi connectivity index (χ0n) is 42.4. The second kappa shape index (κ2) is 32.6. The smallest absolute Gasteiger partial charge is 0.252 e. The standard InChI is InChI=1S/C50H77N12O10/c1-32(2)27-41(48(70)59-40(20-8-9-23-54-33(3)4)50(72)62-26-14-17-37(62)30-63)60-47(69)39(19-7-11-25-56-45(67)36-16-13-22-53-29-36)57-46(68)38(58-49(71)42(31-64)61-43(65)34(5)51)18-6-10-24-55-44(66)35-15-12-21-52-28-35/h12-13,15-16,21-22,28-29,32-34,37-42,54,64H,6-11,14,17-20,23-27,31,51H2,1-5H3,(H,55,66)(H,56,67)(H,57,68)(H,58,71)(H,59,70)(H,60,69)(H,61,65)/t34-,37-,38-,39+,40-,41-,42-/m0/s1. The second-order valence-corrected chi connectivity index (χ2v) is 18.8. The molecule has 3 rings (SSSR count). The lowest BCUT2D eigenvalue weighted by atomic mass is 10.00. The molecule has 0 aromatic carbocycles. The summed E-state index contributed by atoms with van der Waals surface area (Å²) in [5.74, 6) is -5.03. The van der Waals surface area contributed by atoms with Crippen molar-refractivity contribution in [2.45, 2.75) is 160 Å². The number of amides is 8. The summed E-state index contributed by atoms with van der Waals surface area (Å²) >= 11 is 0. The van der Waals surface area contributed by atoms with E-state index in [-0.39, 0.29) is 69.0 Å². The van der Waals surface area contributed by atoms with E-state index in [0.717, 1.165) is 0 Å². The SMILES string of the molecule is CC(C)C[C@H](NC(=O)[C@@H](CCCCNC(=O)c1cccnc1)NC(=O)[C@H](CCCCNC(=O)c1cccnc1)NC(=O)[C@H](CO)NC(=O)[C@H](C)N)C(=O)N[C@@H](CCCCNC(C)C)C(=O)N1CCC[C@H]1[C]=O. The fourth-order valence-corrected chi connectivity index (χ4v) is 7.85. The van der Waals surface area contributed by atoms with Crippen LogP contribution in [0.3, 0.4) is 0 Å². The lowest BCUT2D eigenvalue weighted by molar-refractivity contribution is -0.138. The zero-order chi connectivity index (χ0) is 53.0. The molecule has 3 heterocycles. The number of hydrogen-bond acceptors (Lipinski definition) is 14. The van der Waals surface area contributed by atoms with E-state index in [1.54, 1.807) is 30.5 Å². The van der Waals surface area contributed by atoms with Crippen LogP contribution in [-0.4, -0.2) is 155 Å². The van der Waals surface area contributed by atoms with Crippen LogP contribution in [0.1, 0.15) is 132 Å². The Labute approximate surface area is 422 Å². The van der Waals surface area contributed by atoms with E-state index in [4.69, 9.17) is 5.73 Å². The van der Waals surface area contributed by atoms with Crippen molar-refractivity contribution in [3.05, 3.63) is 60.2 Å². The molecule has 8 amide bonds. The Morgan fingerprint density at radius 1 is 0.653 bits per heavy atom. The summed E-state index contributed by atoms with van der Waals surface area (Å²) in [6.45, 7) is 9.78. The molecule has 1 saturated heterocycles. The molecule has 2 aromatic heterocycles. The van der Waals surface area contributed by atoms with Crippen LogP contribution in [0.25, 0.3) is 0 Å². The van der Waals surface area contributed by atoms with Gasteiger partial charge >= 0.3 is 0 Å². The number of pyridine rings is 2. The van der Waals surface area contributed by atoms with Crippen molar-refractivity contribution in [1.82, 2.24) is 57.4 Å². The van der Waals surface area contributed by atoms with E-state index in [0.29, 0.717) is 69.2 Å². The first-order valence-electron chi connectivity index (χ1n) is 25.1. The lowest BCUT2D eigenvalue weighted by Gasteiger charge is -2.30. The summed E-state index contributed by atoms with van der Waals surface area (Å²) in [6, 6.07) is -1.27. The normalized spacial score (nSPS) is 15.8. The van der Waals surface area contributed by atoms with Crippen molar-refractivity contribution < 1.29 is 48.3 Å². The van der Waals surface area contributed by atoms with E-state index < -0.39 is 84.3 Å². The van der Waals surface area contributed by atoms with Crippen molar-refractivity contribution >= 4 is 53.5 Å². The average molecular weight is 1010 g/mol. The third-order valence-electron chi connectivity index (χ3n) is 11.9. The summed E-state index contributed by atoms with van der Waals surface area (Å²) in [6.07, 6.45) is 12.0. The minimum absolute atomic E-state index is 0.00446. The number of aliphatic hydroxyl groups is 1. The van der Waals surface area contributed by atoms with E-state index in [2.05, 4.69) is 52.5 Å². The lowest BCUT2D eigenvalue weighted by Crippen LogP contribution is -2.60. The van der Waals surface area contributed by atoms with Crippen LogP contribution in [0, 0.1) is 5.92 Å². The highest BCUT2D eigenvalue weighted by Gasteiger charge is 2.36. The van der Waals surface area contributed by atoms with Gasteiger partial charge in [-0.15, -0.1) is 0 Å². The molecule has 72 heavy (non-hydrogen) atoms. The number of nitrogens with one attached hydrogen (secondary N) is 8. The number of rotatable bonds is 33. The van der Waals surface area contributed by atoms with Crippen LogP contribution in [0.2, 0.25) is 0 Å². The predicted octanol–water partition coefficient (Wildman–Crippen LogP) is 0.0556. The van der Waals surface area contributed by atoms with Gasteiger partial charge in [0.05, 0.1) is 29.8 Å². The van der Waals surface area contributed by atoms with Gasteiger partial charge in [0.2, 0.25) is 41.7 Å². The molecule has 1 aliphatic heterocycles. The molecule has 11 N–H and O–H groups in total. The van der Waals surface area contributed by atoms with Crippen LogP contribution < -0.4 is 48.3 Å². The Morgan fingerprint density at radius 3 is 1.57 bits per heavy atom. The molecular formula is C50H77N12O10. The number of nitrogens with zero attached hydrogens (tertiary/aromatic N) is 3. The molecule has 22 nitrogen and oxygen atoms in total. The van der Waals surface area contributed by atoms with Crippen LogP contribution in [0.4, 0.5) is 0 Å². The first-order chi connectivity index (χ1) is 34.4. The molecule has 0 unspecified atom stereocenters. The predicted molar refractivity (Wildman–Crippen MR) is 268 cm³/mol. The first-order valence-corrected chi connectivity index (χ1v) is 25.1. The molecule has 1 aliphatic rings. The first kappa shape index (κ1) is 59.9. The zero-order valence-corrected chi connectivity index (χ0v) is 42.4. The van der Waals surface area contributed by atoms with E-state index in [1.807, 2.05) is 34.0 Å². The third kappa shape index (κ3) is 21.5. The molecule has 7 atom stereocenters. The topological polar surface area (TPSA) is 325 Å².